The molecule has 2 aliphatic heterocycles. The molecule has 0 saturated carbocycles. The molecule has 0 fully saturated rings. The molecule has 2 heterocycles. The predicted molar refractivity (Wildman–Crippen MR) is 148 cm³/mol. The summed E-state index contributed by atoms with van der Waals surface area (Å²) in [5.41, 5.74) is 1.12. The molecule has 0 aromatic heterocycles. The van der Waals surface area contributed by atoms with Gasteiger partial charge in [-0.2, -0.15) is 0 Å². The lowest BCUT2D eigenvalue weighted by atomic mass is 10.0. The van der Waals surface area contributed by atoms with Crippen LogP contribution in [0, 0.1) is 0 Å². The molecule has 2 aliphatic rings. The minimum Gasteiger partial charge on any atom is -0.478 e. The number of carboxylic acid groups (broad SMARTS) is 3. The summed E-state index contributed by atoms with van der Waals surface area (Å²) in [5.74, 6) is -2.14. The molecule has 2 atom stereocenters. The van der Waals surface area contributed by atoms with E-state index in [9.17, 15) is 14.4 Å². The zero-order valence-electron chi connectivity index (χ0n) is 21.5. The summed E-state index contributed by atoms with van der Waals surface area (Å²) in [4.78, 5) is 40.5. The maximum atomic E-state index is 10.6. The number of benzene rings is 3. The Balaban J connectivity index is 0.000000163. The van der Waals surface area contributed by atoms with Gasteiger partial charge in [0.15, 0.2) is 0 Å². The van der Waals surface area contributed by atoms with Crippen LogP contribution in [0.1, 0.15) is 56.0 Å². The van der Waals surface area contributed by atoms with E-state index in [0.717, 1.165) is 43.0 Å². The first-order valence-corrected chi connectivity index (χ1v) is 12.2. The fourth-order valence-corrected chi connectivity index (χ4v) is 3.69. The molecule has 0 bridgehead atoms. The van der Waals surface area contributed by atoms with Gasteiger partial charge in [0.25, 0.3) is 0 Å². The highest BCUT2D eigenvalue weighted by molar-refractivity contribution is 6.04. The van der Waals surface area contributed by atoms with E-state index >= 15 is 0 Å². The van der Waals surface area contributed by atoms with Crippen LogP contribution in [-0.4, -0.2) is 70.1 Å². The predicted octanol–water partition coefficient (Wildman–Crippen LogP) is 3.63. The summed E-state index contributed by atoms with van der Waals surface area (Å²) in [6.45, 7) is 6.06. The van der Waals surface area contributed by atoms with Gasteiger partial charge < -0.3 is 26.0 Å². The van der Waals surface area contributed by atoms with E-state index < -0.39 is 29.0 Å². The summed E-state index contributed by atoms with van der Waals surface area (Å²) in [7, 11) is 0. The number of hydrogen-bond donors (Lipinski definition) is 5. The first kappa shape index (κ1) is 28.6. The third-order valence-electron chi connectivity index (χ3n) is 5.63. The van der Waals surface area contributed by atoms with Gasteiger partial charge in [0.1, 0.15) is 11.7 Å². The second kappa shape index (κ2) is 13.5. The van der Waals surface area contributed by atoms with Crippen molar-refractivity contribution < 1.29 is 29.7 Å². The number of amidine groups is 2. The van der Waals surface area contributed by atoms with Gasteiger partial charge in [-0.3, -0.25) is 9.98 Å². The summed E-state index contributed by atoms with van der Waals surface area (Å²) in [5, 5.41) is 32.5. The number of hydrogen-bond acceptors (Lipinski definition) is 7. The van der Waals surface area contributed by atoms with Crippen molar-refractivity contribution in [3.8, 4) is 0 Å². The quantitative estimate of drug-likeness (QED) is 0.334. The lowest BCUT2D eigenvalue weighted by Crippen LogP contribution is -2.27. The fourth-order valence-electron chi connectivity index (χ4n) is 3.69. The number of carbonyl (C=O) groups is 3. The molecule has 0 aliphatic carbocycles. The minimum absolute atomic E-state index is 0.266. The van der Waals surface area contributed by atoms with Crippen molar-refractivity contribution in [1.82, 2.24) is 10.6 Å². The van der Waals surface area contributed by atoms with Crippen molar-refractivity contribution in [2.75, 3.05) is 13.1 Å². The van der Waals surface area contributed by atoms with Crippen molar-refractivity contribution >= 4 is 29.6 Å². The third-order valence-corrected chi connectivity index (χ3v) is 5.63. The molecule has 5 N–H and O–H groups in total. The van der Waals surface area contributed by atoms with Gasteiger partial charge in [0.05, 0.1) is 29.8 Å². The van der Waals surface area contributed by atoms with Crippen molar-refractivity contribution in [1.29, 1.82) is 0 Å². The van der Waals surface area contributed by atoms with Crippen LogP contribution in [0.5, 0.6) is 0 Å². The molecule has 3 aromatic rings. The molecule has 2 unspecified atom stereocenters. The Bertz CT molecular complexity index is 1310. The molecular weight excluding hydrogens is 500 g/mol. The van der Waals surface area contributed by atoms with E-state index in [1.165, 1.54) is 11.1 Å². The number of carboxylic acids is 3. The molecule has 0 spiro atoms. The molecular formula is C29H30N4O6. The van der Waals surface area contributed by atoms with E-state index in [1.807, 2.05) is 36.4 Å². The molecule has 10 heteroatoms. The number of aromatic carboxylic acids is 3. The summed E-state index contributed by atoms with van der Waals surface area (Å²) in [6.07, 6.45) is 0. The fraction of sp³-hybridized carbons (Fsp3) is 0.207. The zero-order chi connectivity index (χ0) is 28.4. The van der Waals surface area contributed by atoms with Gasteiger partial charge in [-0.15, -0.1) is 0 Å². The molecule has 0 radical (unpaired) electrons. The first-order chi connectivity index (χ1) is 18.7. The van der Waals surface area contributed by atoms with E-state index in [2.05, 4.69) is 58.7 Å². The monoisotopic (exact) mass is 530 g/mol. The number of nitrogens with one attached hydrogen (secondary N) is 2. The average Bonchev–Trinajstić information content (AvgIpc) is 3.58. The number of aliphatic imine (C=N–C) groups is 2. The highest BCUT2D eigenvalue weighted by atomic mass is 16.4. The number of nitrogens with zero attached hydrogens (tertiary/aromatic N) is 2. The van der Waals surface area contributed by atoms with Crippen LogP contribution in [-0.2, 0) is 0 Å². The Kier molecular flexibility index (Phi) is 9.91. The van der Waals surface area contributed by atoms with E-state index in [4.69, 9.17) is 15.3 Å². The van der Waals surface area contributed by atoms with Crippen LogP contribution in [0.2, 0.25) is 0 Å². The third kappa shape index (κ3) is 8.26. The van der Waals surface area contributed by atoms with Gasteiger partial charge in [-0.05, 0) is 32.0 Å². The van der Waals surface area contributed by atoms with Crippen LogP contribution in [0.4, 0.5) is 0 Å². The summed E-state index contributed by atoms with van der Waals surface area (Å²) in [6, 6.07) is 24.2. The van der Waals surface area contributed by atoms with Crippen LogP contribution < -0.4 is 10.6 Å². The Labute approximate surface area is 225 Å². The van der Waals surface area contributed by atoms with Gasteiger partial charge >= 0.3 is 17.9 Å². The lowest BCUT2D eigenvalue weighted by Gasteiger charge is -2.04. The van der Waals surface area contributed by atoms with Crippen molar-refractivity contribution in [2.24, 2.45) is 9.98 Å². The molecule has 5 rings (SSSR count). The van der Waals surface area contributed by atoms with Gasteiger partial charge in [-0.1, -0.05) is 60.7 Å². The Morgan fingerprint density at radius 1 is 0.641 bits per heavy atom. The highest BCUT2D eigenvalue weighted by Crippen LogP contribution is 2.13. The van der Waals surface area contributed by atoms with Crippen LogP contribution >= 0.6 is 0 Å². The van der Waals surface area contributed by atoms with Crippen molar-refractivity contribution in [3.63, 3.8) is 0 Å². The summed E-state index contributed by atoms with van der Waals surface area (Å²) >= 11 is 0. The maximum absolute atomic E-state index is 10.6. The molecule has 0 amide bonds. The van der Waals surface area contributed by atoms with Gasteiger partial charge in [0.2, 0.25) is 0 Å². The molecule has 10 nitrogen and oxygen atoms in total. The van der Waals surface area contributed by atoms with Crippen LogP contribution in [0.15, 0.2) is 88.8 Å². The topological polar surface area (TPSA) is 161 Å². The Morgan fingerprint density at radius 2 is 1.08 bits per heavy atom. The van der Waals surface area contributed by atoms with Crippen LogP contribution in [0.25, 0.3) is 0 Å². The number of rotatable bonds is 5. The highest BCUT2D eigenvalue weighted by Gasteiger charge is 2.18. The SMILES string of the molecule is CC1CN=C(c2ccccc2)N1.CC1CN=C(c2ccccc2)N1.O=C(O)c1ccc(C(=O)O)c(C(=O)O)c1. The Hall–Kier alpha value is -4.99. The van der Waals surface area contributed by atoms with E-state index in [1.54, 1.807) is 0 Å². The summed E-state index contributed by atoms with van der Waals surface area (Å²) < 4.78 is 0. The van der Waals surface area contributed by atoms with Gasteiger partial charge in [0, 0.05) is 23.2 Å². The first-order valence-electron chi connectivity index (χ1n) is 12.2. The molecule has 0 saturated heterocycles. The molecule has 39 heavy (non-hydrogen) atoms. The van der Waals surface area contributed by atoms with Crippen molar-refractivity contribution in [3.05, 3.63) is 107 Å². The maximum Gasteiger partial charge on any atom is 0.336 e. The van der Waals surface area contributed by atoms with Crippen LogP contribution in [0.3, 0.4) is 0 Å². The average molecular weight is 531 g/mol. The smallest absolute Gasteiger partial charge is 0.336 e. The molecule has 202 valence electrons. The van der Waals surface area contributed by atoms with Gasteiger partial charge in [-0.25, -0.2) is 14.4 Å². The zero-order valence-corrected chi connectivity index (χ0v) is 21.5. The minimum atomic E-state index is -1.48. The van der Waals surface area contributed by atoms with E-state index in [0.29, 0.717) is 12.1 Å². The lowest BCUT2D eigenvalue weighted by molar-refractivity contribution is 0.0649. The Morgan fingerprint density at radius 3 is 1.41 bits per heavy atom. The van der Waals surface area contributed by atoms with Crippen molar-refractivity contribution in [2.45, 2.75) is 25.9 Å². The second-order valence-corrected chi connectivity index (χ2v) is 8.88. The second-order valence-electron chi connectivity index (χ2n) is 8.88. The normalized spacial score (nSPS) is 17.1. The standard InChI is InChI=1S/2C10H12N2.C9H6O6/c2*1-8-7-11-10(12-8)9-5-3-2-4-6-9;10-7(11)4-1-2-5(8(12)13)6(3-4)9(14)15/h2*2-6,8H,7H2,1H3,(H,11,12);1-3H,(H,10,11)(H,12,13)(H,14,15). The largest absolute Gasteiger partial charge is 0.478 e. The van der Waals surface area contributed by atoms with E-state index in [-0.39, 0.29) is 5.56 Å². The molecule has 3 aromatic carbocycles.